The Kier molecular flexibility index (Phi) is 6.64. The van der Waals surface area contributed by atoms with E-state index in [-0.39, 0.29) is 12.5 Å². The van der Waals surface area contributed by atoms with Gasteiger partial charge in [0.1, 0.15) is 11.5 Å². The maximum absolute atomic E-state index is 11.7. The number of hydrogen-bond acceptors (Lipinski definition) is 5. The van der Waals surface area contributed by atoms with Crippen LogP contribution in [0.25, 0.3) is 0 Å². The largest absolute Gasteiger partial charge is 0.497 e. The van der Waals surface area contributed by atoms with E-state index in [1.54, 1.807) is 13.3 Å². The van der Waals surface area contributed by atoms with E-state index in [4.69, 9.17) is 9.47 Å². The van der Waals surface area contributed by atoms with Gasteiger partial charge in [-0.1, -0.05) is 0 Å². The third-order valence-electron chi connectivity index (χ3n) is 3.14. The van der Waals surface area contributed by atoms with E-state index in [2.05, 4.69) is 15.8 Å². The Morgan fingerprint density at radius 1 is 1.08 bits per heavy atom. The number of hydrogen-bond donors (Lipinski definition) is 2. The van der Waals surface area contributed by atoms with Crippen molar-refractivity contribution in [3.8, 4) is 11.5 Å². The molecule has 0 aromatic heterocycles. The molecular formula is C18H21N3O3. The van der Waals surface area contributed by atoms with Gasteiger partial charge in [0.05, 0.1) is 26.5 Å². The second-order valence-electron chi connectivity index (χ2n) is 4.88. The van der Waals surface area contributed by atoms with Crippen LogP contribution in [0, 0.1) is 0 Å². The quantitative estimate of drug-likeness (QED) is 0.577. The molecular weight excluding hydrogens is 306 g/mol. The van der Waals surface area contributed by atoms with Crippen LogP contribution in [0.4, 0.5) is 5.69 Å². The van der Waals surface area contributed by atoms with Crippen LogP contribution in [0.3, 0.4) is 0 Å². The molecule has 0 atom stereocenters. The number of anilines is 1. The molecule has 0 saturated carbocycles. The van der Waals surface area contributed by atoms with Crippen molar-refractivity contribution in [1.82, 2.24) is 5.43 Å². The molecule has 2 aromatic carbocycles. The first-order valence-corrected chi connectivity index (χ1v) is 7.64. The van der Waals surface area contributed by atoms with Gasteiger partial charge in [0, 0.05) is 5.69 Å². The number of rotatable bonds is 8. The van der Waals surface area contributed by atoms with Crippen LogP contribution >= 0.6 is 0 Å². The molecule has 2 rings (SSSR count). The van der Waals surface area contributed by atoms with Crippen LogP contribution in [-0.4, -0.2) is 32.4 Å². The van der Waals surface area contributed by atoms with Gasteiger partial charge in [0.25, 0.3) is 5.91 Å². The number of amides is 1. The molecule has 0 radical (unpaired) electrons. The fourth-order valence-electron chi connectivity index (χ4n) is 1.93. The molecule has 24 heavy (non-hydrogen) atoms. The highest BCUT2D eigenvalue weighted by atomic mass is 16.5. The number of hydrazone groups is 1. The van der Waals surface area contributed by atoms with Gasteiger partial charge < -0.3 is 14.8 Å². The summed E-state index contributed by atoms with van der Waals surface area (Å²) in [7, 11) is 1.61. The molecule has 0 bridgehead atoms. The molecule has 0 heterocycles. The SMILES string of the molecule is CCOc1ccc(/C=N/NC(=O)CNc2ccc(OC)cc2)cc1. The van der Waals surface area contributed by atoms with E-state index in [0.29, 0.717) is 6.61 Å². The summed E-state index contributed by atoms with van der Waals surface area (Å²) < 4.78 is 10.4. The van der Waals surface area contributed by atoms with Crippen LogP contribution < -0.4 is 20.2 Å². The molecule has 0 aliphatic rings. The van der Waals surface area contributed by atoms with Crippen molar-refractivity contribution in [1.29, 1.82) is 0 Å². The monoisotopic (exact) mass is 327 g/mol. The number of carbonyl (C=O) groups is 1. The maximum atomic E-state index is 11.7. The molecule has 0 unspecified atom stereocenters. The fraction of sp³-hybridized carbons (Fsp3) is 0.222. The van der Waals surface area contributed by atoms with E-state index in [9.17, 15) is 4.79 Å². The topological polar surface area (TPSA) is 72.0 Å². The third kappa shape index (κ3) is 5.64. The van der Waals surface area contributed by atoms with E-state index in [0.717, 1.165) is 22.7 Å². The molecule has 0 aliphatic carbocycles. The number of ether oxygens (including phenoxy) is 2. The van der Waals surface area contributed by atoms with Crippen molar-refractivity contribution in [3.05, 3.63) is 54.1 Å². The summed E-state index contributed by atoms with van der Waals surface area (Å²) in [6.07, 6.45) is 1.58. The average molecular weight is 327 g/mol. The van der Waals surface area contributed by atoms with Gasteiger partial charge in [-0.3, -0.25) is 4.79 Å². The molecule has 0 aliphatic heterocycles. The fourth-order valence-corrected chi connectivity index (χ4v) is 1.93. The zero-order chi connectivity index (χ0) is 17.2. The summed E-state index contributed by atoms with van der Waals surface area (Å²) in [5, 5.41) is 6.94. The normalized spacial score (nSPS) is 10.4. The number of carbonyl (C=O) groups excluding carboxylic acids is 1. The van der Waals surface area contributed by atoms with Crippen LogP contribution in [0.1, 0.15) is 12.5 Å². The molecule has 126 valence electrons. The summed E-state index contributed by atoms with van der Waals surface area (Å²) in [4.78, 5) is 11.7. The second kappa shape index (κ2) is 9.19. The summed E-state index contributed by atoms with van der Waals surface area (Å²) in [5.74, 6) is 1.35. The molecule has 2 aromatic rings. The lowest BCUT2D eigenvalue weighted by molar-refractivity contribution is -0.119. The first kappa shape index (κ1) is 17.3. The van der Waals surface area contributed by atoms with Gasteiger partial charge in [-0.2, -0.15) is 5.10 Å². The zero-order valence-corrected chi connectivity index (χ0v) is 13.8. The van der Waals surface area contributed by atoms with Crippen molar-refractivity contribution < 1.29 is 14.3 Å². The first-order valence-electron chi connectivity index (χ1n) is 7.64. The average Bonchev–Trinajstić information content (AvgIpc) is 2.62. The van der Waals surface area contributed by atoms with Crippen LogP contribution in [0.15, 0.2) is 53.6 Å². The molecule has 6 heteroatoms. The first-order chi connectivity index (χ1) is 11.7. The van der Waals surface area contributed by atoms with E-state index < -0.39 is 0 Å². The van der Waals surface area contributed by atoms with E-state index in [1.807, 2.05) is 55.5 Å². The van der Waals surface area contributed by atoms with E-state index in [1.165, 1.54) is 0 Å². The zero-order valence-electron chi connectivity index (χ0n) is 13.8. The molecule has 1 amide bonds. The minimum absolute atomic E-state index is 0.132. The second-order valence-corrected chi connectivity index (χ2v) is 4.88. The summed E-state index contributed by atoms with van der Waals surface area (Å²) in [6.45, 7) is 2.70. The highest BCUT2D eigenvalue weighted by Gasteiger charge is 2.00. The molecule has 0 spiro atoms. The number of nitrogens with zero attached hydrogens (tertiary/aromatic N) is 1. The van der Waals surface area contributed by atoms with Crippen LogP contribution in [-0.2, 0) is 4.79 Å². The highest BCUT2D eigenvalue weighted by molar-refractivity contribution is 5.84. The summed E-state index contributed by atoms with van der Waals surface area (Å²) in [6, 6.07) is 14.8. The lowest BCUT2D eigenvalue weighted by atomic mass is 10.2. The van der Waals surface area contributed by atoms with Gasteiger partial charge in [0.15, 0.2) is 0 Å². The van der Waals surface area contributed by atoms with Crippen molar-refractivity contribution in [2.24, 2.45) is 5.10 Å². The van der Waals surface area contributed by atoms with Gasteiger partial charge in [-0.25, -0.2) is 5.43 Å². The van der Waals surface area contributed by atoms with Crippen molar-refractivity contribution in [2.75, 3.05) is 25.6 Å². The third-order valence-corrected chi connectivity index (χ3v) is 3.14. The van der Waals surface area contributed by atoms with Crippen molar-refractivity contribution >= 4 is 17.8 Å². The lowest BCUT2D eigenvalue weighted by Gasteiger charge is -2.06. The van der Waals surface area contributed by atoms with E-state index >= 15 is 0 Å². The van der Waals surface area contributed by atoms with Gasteiger partial charge >= 0.3 is 0 Å². The smallest absolute Gasteiger partial charge is 0.259 e. The highest BCUT2D eigenvalue weighted by Crippen LogP contribution is 2.14. The van der Waals surface area contributed by atoms with Gasteiger partial charge in [0.2, 0.25) is 0 Å². The Hall–Kier alpha value is -3.02. The molecule has 2 N–H and O–H groups in total. The molecule has 6 nitrogen and oxygen atoms in total. The minimum Gasteiger partial charge on any atom is -0.497 e. The lowest BCUT2D eigenvalue weighted by Crippen LogP contribution is -2.25. The Labute approximate surface area is 141 Å². The Morgan fingerprint density at radius 2 is 1.75 bits per heavy atom. The van der Waals surface area contributed by atoms with Crippen LogP contribution in [0.5, 0.6) is 11.5 Å². The minimum atomic E-state index is -0.229. The van der Waals surface area contributed by atoms with Gasteiger partial charge in [-0.05, 0) is 61.0 Å². The standard InChI is InChI=1S/C18H21N3O3/c1-3-24-17-8-4-14(5-9-17)12-20-21-18(22)13-19-15-6-10-16(23-2)11-7-15/h4-12,19H,3,13H2,1-2H3,(H,21,22)/b20-12+. The maximum Gasteiger partial charge on any atom is 0.259 e. The Balaban J connectivity index is 1.75. The predicted octanol–water partition coefficient (Wildman–Crippen LogP) is 2.66. The summed E-state index contributed by atoms with van der Waals surface area (Å²) >= 11 is 0. The molecule has 0 saturated heterocycles. The van der Waals surface area contributed by atoms with Crippen LogP contribution in [0.2, 0.25) is 0 Å². The Bertz CT molecular complexity index is 667. The molecule has 0 fully saturated rings. The van der Waals surface area contributed by atoms with Gasteiger partial charge in [-0.15, -0.1) is 0 Å². The Morgan fingerprint density at radius 3 is 2.38 bits per heavy atom. The number of benzene rings is 2. The number of nitrogens with one attached hydrogen (secondary N) is 2. The van der Waals surface area contributed by atoms with Crippen molar-refractivity contribution in [3.63, 3.8) is 0 Å². The number of methoxy groups -OCH3 is 1. The summed E-state index contributed by atoms with van der Waals surface area (Å²) in [5.41, 5.74) is 4.19. The predicted molar refractivity (Wildman–Crippen MR) is 94.8 cm³/mol. The van der Waals surface area contributed by atoms with Crippen molar-refractivity contribution in [2.45, 2.75) is 6.92 Å².